The van der Waals surface area contributed by atoms with E-state index in [1.807, 2.05) is 6.07 Å². The van der Waals surface area contributed by atoms with Crippen molar-refractivity contribution in [1.29, 1.82) is 0 Å². The molecule has 8 heteroatoms. The van der Waals surface area contributed by atoms with E-state index in [9.17, 15) is 9.18 Å². The maximum Gasteiger partial charge on any atom is 0.271 e. The molecule has 142 valence electrons. The van der Waals surface area contributed by atoms with E-state index in [1.54, 1.807) is 24.3 Å². The average Bonchev–Trinajstić information content (AvgIpc) is 3.18. The molecule has 0 saturated heterocycles. The molecule has 1 aliphatic rings. The highest BCUT2D eigenvalue weighted by molar-refractivity contribution is 5.92. The quantitative estimate of drug-likeness (QED) is 0.684. The number of benzene rings is 2. The van der Waals surface area contributed by atoms with E-state index >= 15 is 0 Å². The van der Waals surface area contributed by atoms with Gasteiger partial charge < -0.3 is 20.1 Å². The van der Waals surface area contributed by atoms with Crippen molar-refractivity contribution in [2.24, 2.45) is 0 Å². The van der Waals surface area contributed by atoms with Gasteiger partial charge in [0.1, 0.15) is 17.3 Å². The van der Waals surface area contributed by atoms with Crippen molar-refractivity contribution in [3.63, 3.8) is 0 Å². The number of fused-ring (bicyclic) bond motifs is 1. The van der Waals surface area contributed by atoms with Gasteiger partial charge in [-0.3, -0.25) is 4.79 Å². The molecule has 4 rings (SSSR count). The number of nitrogens with one attached hydrogen (secondary N) is 2. The van der Waals surface area contributed by atoms with Crippen LogP contribution in [-0.2, 0) is 6.42 Å². The molecule has 28 heavy (non-hydrogen) atoms. The van der Waals surface area contributed by atoms with E-state index in [0.717, 1.165) is 11.3 Å². The zero-order chi connectivity index (χ0) is 19.3. The van der Waals surface area contributed by atoms with Gasteiger partial charge in [-0.25, -0.2) is 14.4 Å². The number of ether oxygens (including phenoxy) is 2. The number of hydrogen-bond donors (Lipinski definition) is 2. The van der Waals surface area contributed by atoms with Gasteiger partial charge in [0.2, 0.25) is 6.79 Å². The van der Waals surface area contributed by atoms with Crippen molar-refractivity contribution < 1.29 is 18.7 Å². The third-order valence-corrected chi connectivity index (χ3v) is 4.14. The second-order valence-electron chi connectivity index (χ2n) is 6.11. The molecule has 1 aliphatic heterocycles. The van der Waals surface area contributed by atoms with Crippen molar-refractivity contribution in [1.82, 2.24) is 15.3 Å². The van der Waals surface area contributed by atoms with E-state index in [-0.39, 0.29) is 24.2 Å². The summed E-state index contributed by atoms with van der Waals surface area (Å²) >= 11 is 0. The summed E-state index contributed by atoms with van der Waals surface area (Å²) in [4.78, 5) is 20.5. The summed E-state index contributed by atoms with van der Waals surface area (Å²) < 4.78 is 23.5. The van der Waals surface area contributed by atoms with Gasteiger partial charge in [0.25, 0.3) is 5.91 Å². The molecule has 7 nitrogen and oxygen atoms in total. The molecule has 0 saturated carbocycles. The number of nitrogens with zero attached hydrogens (tertiary/aromatic N) is 2. The van der Waals surface area contributed by atoms with Crippen LogP contribution in [0.3, 0.4) is 0 Å². The molecule has 0 spiro atoms. The minimum atomic E-state index is -0.316. The normalized spacial score (nSPS) is 11.9. The summed E-state index contributed by atoms with van der Waals surface area (Å²) in [6.45, 7) is 0.632. The maximum absolute atomic E-state index is 12.9. The highest BCUT2D eigenvalue weighted by Gasteiger charge is 2.13. The van der Waals surface area contributed by atoms with E-state index in [0.29, 0.717) is 30.3 Å². The van der Waals surface area contributed by atoms with Crippen molar-refractivity contribution >= 4 is 17.4 Å². The predicted molar refractivity (Wildman–Crippen MR) is 100 cm³/mol. The largest absolute Gasteiger partial charge is 0.454 e. The molecular formula is C20H17FN4O3. The van der Waals surface area contributed by atoms with Crippen LogP contribution in [0.1, 0.15) is 16.1 Å². The van der Waals surface area contributed by atoms with Crippen LogP contribution in [0.25, 0.3) is 0 Å². The Bertz CT molecular complexity index is 978. The smallest absolute Gasteiger partial charge is 0.271 e. The lowest BCUT2D eigenvalue weighted by atomic mass is 10.1. The third-order valence-electron chi connectivity index (χ3n) is 4.14. The van der Waals surface area contributed by atoms with Crippen molar-refractivity contribution in [3.05, 3.63) is 71.9 Å². The fourth-order valence-corrected chi connectivity index (χ4v) is 2.69. The van der Waals surface area contributed by atoms with Gasteiger partial charge in [-0.05, 0) is 36.2 Å². The van der Waals surface area contributed by atoms with Gasteiger partial charge in [0.15, 0.2) is 11.5 Å². The Balaban J connectivity index is 1.31. The van der Waals surface area contributed by atoms with Crippen LogP contribution in [0.15, 0.2) is 54.9 Å². The molecule has 2 N–H and O–H groups in total. The SMILES string of the molecule is O=C(NCCc1ccc(F)cc1)c1cnc(Nc2ccc3c(c2)OCO3)cn1. The monoisotopic (exact) mass is 380 g/mol. The standard InChI is InChI=1S/C20H17FN4O3/c21-14-3-1-13(2-4-14)7-8-22-20(26)16-10-24-19(11-23-16)25-15-5-6-17-18(9-15)28-12-27-17/h1-6,9-11H,7-8,12H2,(H,22,26)(H,24,25). The fraction of sp³-hybridized carbons (Fsp3) is 0.150. The summed E-state index contributed by atoms with van der Waals surface area (Å²) in [5.41, 5.74) is 1.93. The molecule has 3 aromatic rings. The molecule has 1 aromatic heterocycles. The van der Waals surface area contributed by atoms with E-state index < -0.39 is 0 Å². The molecular weight excluding hydrogens is 363 g/mol. The lowest BCUT2D eigenvalue weighted by Gasteiger charge is -2.08. The van der Waals surface area contributed by atoms with Crippen molar-refractivity contribution in [2.75, 3.05) is 18.7 Å². The average molecular weight is 380 g/mol. The number of rotatable bonds is 6. The Morgan fingerprint density at radius 1 is 1.04 bits per heavy atom. The molecule has 0 aliphatic carbocycles. The second kappa shape index (κ2) is 7.91. The zero-order valence-electron chi connectivity index (χ0n) is 14.8. The molecule has 0 atom stereocenters. The minimum absolute atomic E-state index is 0.212. The van der Waals surface area contributed by atoms with Crippen LogP contribution in [-0.4, -0.2) is 29.2 Å². The first kappa shape index (κ1) is 17.7. The lowest BCUT2D eigenvalue weighted by Crippen LogP contribution is -2.26. The van der Waals surface area contributed by atoms with Gasteiger partial charge >= 0.3 is 0 Å². The summed E-state index contributed by atoms with van der Waals surface area (Å²) in [5.74, 6) is 1.27. The van der Waals surface area contributed by atoms with Crippen LogP contribution in [0, 0.1) is 5.82 Å². The van der Waals surface area contributed by atoms with Gasteiger partial charge in [0, 0.05) is 18.3 Å². The molecule has 2 heterocycles. The first-order chi connectivity index (χ1) is 13.7. The van der Waals surface area contributed by atoms with E-state index in [1.165, 1.54) is 24.5 Å². The summed E-state index contributed by atoms with van der Waals surface area (Å²) in [6.07, 6.45) is 3.49. The first-order valence-corrected chi connectivity index (χ1v) is 8.69. The number of hydrogen-bond acceptors (Lipinski definition) is 6. The van der Waals surface area contributed by atoms with Crippen LogP contribution < -0.4 is 20.1 Å². The lowest BCUT2D eigenvalue weighted by molar-refractivity contribution is 0.0949. The number of aromatic nitrogens is 2. The molecule has 0 unspecified atom stereocenters. The number of carbonyl (C=O) groups excluding carboxylic acids is 1. The molecule has 0 radical (unpaired) electrons. The van der Waals surface area contributed by atoms with Crippen LogP contribution in [0.5, 0.6) is 11.5 Å². The number of halogens is 1. The maximum atomic E-state index is 12.9. The topological polar surface area (TPSA) is 85.4 Å². The summed E-state index contributed by atoms with van der Waals surface area (Å²) in [5, 5.41) is 5.87. The van der Waals surface area contributed by atoms with E-state index in [4.69, 9.17) is 9.47 Å². The number of carbonyl (C=O) groups is 1. The molecule has 2 aromatic carbocycles. The van der Waals surface area contributed by atoms with Crippen molar-refractivity contribution in [3.8, 4) is 11.5 Å². The summed E-state index contributed by atoms with van der Waals surface area (Å²) in [6, 6.07) is 11.6. The first-order valence-electron chi connectivity index (χ1n) is 8.69. The zero-order valence-corrected chi connectivity index (χ0v) is 14.8. The second-order valence-corrected chi connectivity index (χ2v) is 6.11. The highest BCUT2D eigenvalue weighted by Crippen LogP contribution is 2.34. The number of amides is 1. The molecule has 0 fully saturated rings. The van der Waals surface area contributed by atoms with Gasteiger partial charge in [-0.1, -0.05) is 12.1 Å². The summed E-state index contributed by atoms with van der Waals surface area (Å²) in [7, 11) is 0. The Morgan fingerprint density at radius 3 is 2.64 bits per heavy atom. The van der Waals surface area contributed by atoms with Crippen LogP contribution in [0.4, 0.5) is 15.9 Å². The van der Waals surface area contributed by atoms with E-state index in [2.05, 4.69) is 20.6 Å². The van der Waals surface area contributed by atoms with Gasteiger partial charge in [-0.15, -0.1) is 0 Å². The Labute approximate surface area is 160 Å². The van der Waals surface area contributed by atoms with Gasteiger partial charge in [0.05, 0.1) is 12.4 Å². The molecule has 1 amide bonds. The molecule has 0 bridgehead atoms. The predicted octanol–water partition coefficient (Wildman–Crippen LogP) is 3.06. The van der Waals surface area contributed by atoms with Gasteiger partial charge in [-0.2, -0.15) is 0 Å². The Kier molecular flexibility index (Phi) is 5.01. The van der Waals surface area contributed by atoms with Crippen molar-refractivity contribution in [2.45, 2.75) is 6.42 Å². The van der Waals surface area contributed by atoms with Crippen LogP contribution >= 0.6 is 0 Å². The minimum Gasteiger partial charge on any atom is -0.454 e. The number of anilines is 2. The van der Waals surface area contributed by atoms with Crippen LogP contribution in [0.2, 0.25) is 0 Å². The Hall–Kier alpha value is -3.68. The fourth-order valence-electron chi connectivity index (χ4n) is 2.69. The third kappa shape index (κ3) is 4.17. The highest BCUT2D eigenvalue weighted by atomic mass is 19.1. The Morgan fingerprint density at radius 2 is 1.86 bits per heavy atom.